The summed E-state index contributed by atoms with van der Waals surface area (Å²) in [6.07, 6.45) is 3.95. The van der Waals surface area contributed by atoms with Crippen molar-refractivity contribution in [1.29, 1.82) is 0 Å². The number of rotatable bonds is 7. The van der Waals surface area contributed by atoms with E-state index in [1.165, 1.54) is 0 Å². The van der Waals surface area contributed by atoms with Gasteiger partial charge in [0.05, 0.1) is 18.7 Å². The van der Waals surface area contributed by atoms with Crippen LogP contribution in [0.1, 0.15) is 5.56 Å². The highest BCUT2D eigenvalue weighted by Crippen LogP contribution is 2.38. The van der Waals surface area contributed by atoms with Crippen LogP contribution in [0.25, 0.3) is 11.0 Å². The van der Waals surface area contributed by atoms with Crippen LogP contribution in [0, 0.1) is 0 Å². The number of amides is 1. The van der Waals surface area contributed by atoms with Gasteiger partial charge in [0.15, 0.2) is 5.65 Å². The minimum atomic E-state index is -1.14. The second-order valence-electron chi connectivity index (χ2n) is 10.5. The lowest BCUT2D eigenvalue weighted by atomic mass is 10.1. The highest BCUT2D eigenvalue weighted by Gasteiger charge is 2.35. The molecule has 0 saturated carbocycles. The number of anilines is 1. The molecule has 8 nitrogen and oxygen atoms in total. The number of nitrogens with zero attached hydrogens (tertiary/aromatic N) is 5. The molecule has 1 amide bonds. The Morgan fingerprint density at radius 2 is 2.00 bits per heavy atom. The van der Waals surface area contributed by atoms with Crippen LogP contribution in [-0.4, -0.2) is 72.3 Å². The van der Waals surface area contributed by atoms with E-state index in [0.29, 0.717) is 44.4 Å². The first-order valence-corrected chi connectivity index (χ1v) is 16.2. The number of hydrogen-bond donors (Lipinski definition) is 0. The lowest BCUT2D eigenvalue weighted by Gasteiger charge is -2.41. The molecule has 2 aromatic heterocycles. The largest absolute Gasteiger partial charge is 0.489 e. The van der Waals surface area contributed by atoms with Gasteiger partial charge in [0.1, 0.15) is 36.6 Å². The van der Waals surface area contributed by atoms with Crippen molar-refractivity contribution in [2.24, 2.45) is 0 Å². The van der Waals surface area contributed by atoms with E-state index in [0.717, 1.165) is 40.8 Å². The van der Waals surface area contributed by atoms with Gasteiger partial charge in [-0.2, -0.15) is 0 Å². The van der Waals surface area contributed by atoms with Gasteiger partial charge in [0.2, 0.25) is 5.91 Å². The molecule has 0 radical (unpaired) electrons. The van der Waals surface area contributed by atoms with Crippen LogP contribution in [0.4, 0.5) is 5.82 Å². The number of halogens is 1. The van der Waals surface area contributed by atoms with E-state index in [1.807, 2.05) is 39.9 Å². The molecule has 0 N–H and O–H groups in total. The lowest BCUT2D eigenvalue weighted by Crippen LogP contribution is -2.57. The minimum absolute atomic E-state index is 0.0323. The highest BCUT2D eigenvalue weighted by molar-refractivity contribution is 6.76. The average Bonchev–Trinajstić information content (AvgIpc) is 3.10. The van der Waals surface area contributed by atoms with Gasteiger partial charge in [-0.15, -0.1) is 0 Å². The molecule has 2 aliphatic heterocycles. The predicted molar refractivity (Wildman–Crippen MR) is 140 cm³/mol. The molecular weight excluding hydrogens is 482 g/mol. The maximum Gasteiger partial charge on any atom is 0.227 e. The minimum Gasteiger partial charge on any atom is -0.489 e. The van der Waals surface area contributed by atoms with Crippen molar-refractivity contribution in [2.45, 2.75) is 44.9 Å². The van der Waals surface area contributed by atoms with Crippen molar-refractivity contribution < 1.29 is 14.3 Å². The van der Waals surface area contributed by atoms with Crippen LogP contribution in [0.5, 0.6) is 5.75 Å². The predicted octanol–water partition coefficient (Wildman–Crippen LogP) is 4.05. The summed E-state index contributed by atoms with van der Waals surface area (Å²) in [7, 11) is -1.14. The molecular formula is C25H32ClN5O3Si. The zero-order valence-electron chi connectivity index (χ0n) is 20.5. The number of hydrogen-bond acceptors (Lipinski definition) is 6. The third-order valence-electron chi connectivity index (χ3n) is 6.63. The number of carbonyl (C=O) groups excluding carboxylic acids is 1. The summed E-state index contributed by atoms with van der Waals surface area (Å²) < 4.78 is 14.2. The number of aromatic nitrogens is 3. The highest BCUT2D eigenvalue weighted by atomic mass is 35.5. The summed E-state index contributed by atoms with van der Waals surface area (Å²) in [5.41, 5.74) is 1.79. The Morgan fingerprint density at radius 3 is 2.77 bits per heavy atom. The fourth-order valence-electron chi connectivity index (χ4n) is 4.62. The van der Waals surface area contributed by atoms with Gasteiger partial charge < -0.3 is 23.8 Å². The first kappa shape index (κ1) is 24.1. The van der Waals surface area contributed by atoms with Crippen molar-refractivity contribution in [3.05, 3.63) is 47.4 Å². The Labute approximate surface area is 211 Å². The van der Waals surface area contributed by atoms with E-state index in [2.05, 4.69) is 34.5 Å². The second kappa shape index (κ2) is 9.79. The Hall–Kier alpha value is -2.62. The molecule has 1 saturated heterocycles. The lowest BCUT2D eigenvalue weighted by molar-refractivity contribution is -0.131. The van der Waals surface area contributed by atoms with E-state index in [1.54, 1.807) is 6.33 Å². The van der Waals surface area contributed by atoms with E-state index < -0.39 is 8.07 Å². The summed E-state index contributed by atoms with van der Waals surface area (Å²) in [4.78, 5) is 26.4. The molecule has 2 aliphatic rings. The van der Waals surface area contributed by atoms with Crippen molar-refractivity contribution in [3.8, 4) is 5.75 Å². The molecule has 5 rings (SSSR count). The monoisotopic (exact) mass is 513 g/mol. The quantitative estimate of drug-likeness (QED) is 0.350. The van der Waals surface area contributed by atoms with Gasteiger partial charge in [-0.3, -0.25) is 4.79 Å². The Bertz CT molecular complexity index is 1210. The topological polar surface area (TPSA) is 72.7 Å². The molecule has 0 aliphatic carbocycles. The summed E-state index contributed by atoms with van der Waals surface area (Å²) in [5, 5.41) is 1.59. The van der Waals surface area contributed by atoms with Gasteiger partial charge in [0.25, 0.3) is 0 Å². The Morgan fingerprint density at radius 1 is 1.20 bits per heavy atom. The zero-order chi connectivity index (χ0) is 24.6. The molecule has 0 bridgehead atoms. The maximum atomic E-state index is 13.0. The molecule has 10 heteroatoms. The number of benzene rings is 1. The molecule has 186 valence electrons. The normalized spacial score (nSPS) is 17.8. The Balaban J connectivity index is 1.29. The zero-order valence-corrected chi connectivity index (χ0v) is 22.3. The van der Waals surface area contributed by atoms with Crippen molar-refractivity contribution >= 4 is 42.4 Å². The number of piperazine rings is 1. The van der Waals surface area contributed by atoms with Crippen LogP contribution in [0.3, 0.4) is 0 Å². The number of fused-ring (bicyclic) bond motifs is 2. The molecule has 0 spiro atoms. The van der Waals surface area contributed by atoms with Gasteiger partial charge in [-0.1, -0.05) is 43.4 Å². The molecule has 4 heterocycles. The number of ether oxygens (including phenoxy) is 2. The molecule has 1 fully saturated rings. The fraction of sp³-hybridized carbons (Fsp3) is 0.480. The summed E-state index contributed by atoms with van der Waals surface area (Å²) in [6, 6.07) is 8.61. The van der Waals surface area contributed by atoms with Crippen LogP contribution in [0.15, 0.2) is 36.8 Å². The van der Waals surface area contributed by atoms with E-state index in [4.69, 9.17) is 21.1 Å². The van der Waals surface area contributed by atoms with Crippen LogP contribution >= 0.6 is 11.6 Å². The summed E-state index contributed by atoms with van der Waals surface area (Å²) in [6.45, 7) is 10.7. The SMILES string of the molecule is C[Si](C)(C)CCOCn1cc2c3c(ncnc31)N1CCN(C(=O)Cc3ccc(Cl)cc3)C[C@H]1CO2. The van der Waals surface area contributed by atoms with Gasteiger partial charge >= 0.3 is 0 Å². The maximum absolute atomic E-state index is 13.0. The fourth-order valence-corrected chi connectivity index (χ4v) is 5.50. The van der Waals surface area contributed by atoms with Gasteiger partial charge in [-0.25, -0.2) is 9.97 Å². The van der Waals surface area contributed by atoms with Crippen LogP contribution in [0.2, 0.25) is 30.7 Å². The molecule has 3 aromatic rings. The summed E-state index contributed by atoms with van der Waals surface area (Å²) >= 11 is 5.98. The van der Waals surface area contributed by atoms with Gasteiger partial charge in [-0.05, 0) is 23.7 Å². The second-order valence-corrected chi connectivity index (χ2v) is 16.6. The van der Waals surface area contributed by atoms with Crippen molar-refractivity contribution in [2.75, 3.05) is 37.7 Å². The van der Waals surface area contributed by atoms with Gasteiger partial charge in [0, 0.05) is 39.3 Å². The Kier molecular flexibility index (Phi) is 6.74. The third kappa shape index (κ3) is 5.32. The van der Waals surface area contributed by atoms with Crippen LogP contribution < -0.4 is 9.64 Å². The number of carbonyl (C=O) groups is 1. The van der Waals surface area contributed by atoms with Crippen LogP contribution in [-0.2, 0) is 22.7 Å². The summed E-state index contributed by atoms with van der Waals surface area (Å²) in [5.74, 6) is 1.76. The molecule has 1 aromatic carbocycles. The van der Waals surface area contributed by atoms with E-state index in [9.17, 15) is 4.79 Å². The smallest absolute Gasteiger partial charge is 0.227 e. The molecule has 35 heavy (non-hydrogen) atoms. The van der Waals surface area contributed by atoms with E-state index >= 15 is 0 Å². The third-order valence-corrected chi connectivity index (χ3v) is 8.59. The van der Waals surface area contributed by atoms with Crippen molar-refractivity contribution in [1.82, 2.24) is 19.4 Å². The standard InChI is InChI=1S/C25H32ClN5O3Si/c1-35(2,3)11-10-33-17-30-14-21-23-24(30)27-16-28-25(23)31-9-8-29(13-20(31)15-34-21)22(32)12-18-4-6-19(26)7-5-18/h4-7,14,16,20H,8-13,15,17H2,1-3H3/t20-/m0/s1. The first-order valence-electron chi connectivity index (χ1n) is 12.1. The molecule has 1 atom stereocenters. The van der Waals surface area contributed by atoms with E-state index in [-0.39, 0.29) is 11.9 Å². The average molecular weight is 514 g/mol. The molecule has 0 unspecified atom stereocenters. The van der Waals surface area contributed by atoms with Crippen molar-refractivity contribution in [3.63, 3.8) is 0 Å². The first-order chi connectivity index (χ1) is 16.8.